The lowest BCUT2D eigenvalue weighted by molar-refractivity contribution is 1.24. The fraction of sp³-hybridized carbons (Fsp3) is 0. The van der Waals surface area contributed by atoms with E-state index in [9.17, 15) is 4.79 Å². The molecule has 0 atom stereocenters. The van der Waals surface area contributed by atoms with Gasteiger partial charge in [0.15, 0.2) is 0 Å². The first-order valence-electron chi connectivity index (χ1n) is 4.42. The first-order valence-corrected chi connectivity index (χ1v) is 5.55. The van der Waals surface area contributed by atoms with E-state index in [1.165, 1.54) is 6.07 Å². The lowest BCUT2D eigenvalue weighted by Crippen LogP contribution is -2.07. The van der Waals surface area contributed by atoms with Gasteiger partial charge >= 0.3 is 0 Å². The van der Waals surface area contributed by atoms with Crippen LogP contribution in [-0.4, -0.2) is 4.98 Å². The van der Waals surface area contributed by atoms with Crippen LogP contribution >= 0.6 is 34.8 Å². The molecule has 0 spiro atoms. The molecule has 0 bridgehead atoms. The maximum atomic E-state index is 11.6. The second-order valence-corrected chi connectivity index (χ2v) is 4.38. The van der Waals surface area contributed by atoms with Gasteiger partial charge in [0.05, 0.1) is 15.1 Å². The van der Waals surface area contributed by atoms with Gasteiger partial charge in [0.1, 0.15) is 0 Å². The number of pyridine rings is 1. The molecule has 0 unspecified atom stereocenters. The molecule has 2 aromatic rings. The van der Waals surface area contributed by atoms with Crippen LogP contribution in [0, 0.1) is 0 Å². The Morgan fingerprint density at radius 3 is 2.31 bits per heavy atom. The highest BCUT2D eigenvalue weighted by atomic mass is 35.5. The van der Waals surface area contributed by atoms with Crippen LogP contribution in [-0.2, 0) is 0 Å². The van der Waals surface area contributed by atoms with E-state index in [2.05, 4.69) is 4.98 Å². The van der Waals surface area contributed by atoms with Gasteiger partial charge < -0.3 is 4.98 Å². The average molecular weight is 275 g/mol. The molecular formula is C11H6Cl3NO. The Balaban J connectivity index is 2.70. The van der Waals surface area contributed by atoms with Crippen LogP contribution in [0.25, 0.3) is 11.1 Å². The normalized spacial score (nSPS) is 10.4. The predicted octanol–water partition coefficient (Wildman–Crippen LogP) is 4.00. The summed E-state index contributed by atoms with van der Waals surface area (Å²) in [6, 6.07) is 6.49. The van der Waals surface area contributed by atoms with Crippen LogP contribution in [0.1, 0.15) is 0 Å². The van der Waals surface area contributed by atoms with Gasteiger partial charge in [-0.25, -0.2) is 0 Å². The van der Waals surface area contributed by atoms with Gasteiger partial charge in [0, 0.05) is 17.3 Å². The Kier molecular flexibility index (Phi) is 3.24. The fourth-order valence-corrected chi connectivity index (χ4v) is 2.01. The minimum atomic E-state index is -0.220. The monoisotopic (exact) mass is 273 g/mol. The van der Waals surface area contributed by atoms with Gasteiger partial charge in [-0.15, -0.1) is 0 Å². The summed E-state index contributed by atoms with van der Waals surface area (Å²) in [5.74, 6) is 0. The number of hydrogen-bond acceptors (Lipinski definition) is 1. The zero-order valence-corrected chi connectivity index (χ0v) is 10.2. The highest BCUT2D eigenvalue weighted by Crippen LogP contribution is 2.33. The van der Waals surface area contributed by atoms with Crippen LogP contribution in [0.3, 0.4) is 0 Å². The maximum Gasteiger partial charge on any atom is 0.255 e. The van der Waals surface area contributed by atoms with Crippen LogP contribution in [0.2, 0.25) is 15.1 Å². The third kappa shape index (κ3) is 2.09. The van der Waals surface area contributed by atoms with E-state index < -0.39 is 0 Å². The Bertz CT molecular complexity index is 592. The fourth-order valence-electron chi connectivity index (χ4n) is 1.36. The number of rotatable bonds is 1. The van der Waals surface area contributed by atoms with E-state index in [1.807, 2.05) is 0 Å². The summed E-state index contributed by atoms with van der Waals surface area (Å²) >= 11 is 17.7. The highest BCUT2D eigenvalue weighted by molar-refractivity contribution is 6.44. The molecule has 5 heteroatoms. The Labute approximate surface area is 107 Å². The summed E-state index contributed by atoms with van der Waals surface area (Å²) in [6.45, 7) is 0. The van der Waals surface area contributed by atoms with Crippen molar-refractivity contribution >= 4 is 34.8 Å². The molecule has 82 valence electrons. The van der Waals surface area contributed by atoms with Crippen molar-refractivity contribution in [1.29, 1.82) is 0 Å². The van der Waals surface area contributed by atoms with Gasteiger partial charge in [0.25, 0.3) is 5.56 Å². The van der Waals surface area contributed by atoms with Crippen molar-refractivity contribution in [2.75, 3.05) is 0 Å². The quantitative estimate of drug-likeness (QED) is 0.783. The highest BCUT2D eigenvalue weighted by Gasteiger charge is 2.10. The third-order valence-corrected chi connectivity index (χ3v) is 3.15. The van der Waals surface area contributed by atoms with Crippen molar-refractivity contribution in [3.05, 3.63) is 55.9 Å². The molecule has 0 saturated heterocycles. The van der Waals surface area contributed by atoms with Crippen LogP contribution in [0.5, 0.6) is 0 Å². The van der Waals surface area contributed by atoms with Crippen LogP contribution < -0.4 is 5.56 Å². The van der Waals surface area contributed by atoms with Gasteiger partial charge in [-0.3, -0.25) is 4.79 Å². The molecule has 2 nitrogen and oxygen atoms in total. The summed E-state index contributed by atoms with van der Waals surface area (Å²) in [7, 11) is 0. The average Bonchev–Trinajstić information content (AvgIpc) is 2.25. The van der Waals surface area contributed by atoms with Crippen molar-refractivity contribution in [3.8, 4) is 11.1 Å². The zero-order chi connectivity index (χ0) is 11.7. The summed E-state index contributed by atoms with van der Waals surface area (Å²) in [5, 5.41) is 1.12. The number of benzene rings is 1. The van der Waals surface area contributed by atoms with E-state index in [-0.39, 0.29) is 5.56 Å². The van der Waals surface area contributed by atoms with Crippen LogP contribution in [0.4, 0.5) is 0 Å². The lowest BCUT2D eigenvalue weighted by Gasteiger charge is -2.05. The van der Waals surface area contributed by atoms with Crippen molar-refractivity contribution in [2.45, 2.75) is 0 Å². The molecule has 1 N–H and O–H groups in total. The molecule has 0 aliphatic rings. The van der Waals surface area contributed by atoms with Gasteiger partial charge in [-0.05, 0) is 24.3 Å². The largest absolute Gasteiger partial charge is 0.329 e. The maximum absolute atomic E-state index is 11.6. The van der Waals surface area contributed by atoms with Crippen LogP contribution in [0.15, 0.2) is 35.3 Å². The van der Waals surface area contributed by atoms with E-state index >= 15 is 0 Å². The van der Waals surface area contributed by atoms with E-state index in [4.69, 9.17) is 34.8 Å². The van der Waals surface area contributed by atoms with Gasteiger partial charge in [-0.1, -0.05) is 34.8 Å². The Morgan fingerprint density at radius 1 is 0.938 bits per heavy atom. The van der Waals surface area contributed by atoms with Crippen molar-refractivity contribution in [1.82, 2.24) is 4.98 Å². The molecule has 1 aromatic heterocycles. The van der Waals surface area contributed by atoms with E-state index in [0.29, 0.717) is 26.2 Å². The van der Waals surface area contributed by atoms with Gasteiger partial charge in [-0.2, -0.15) is 0 Å². The molecule has 0 aliphatic heterocycles. The molecule has 0 radical (unpaired) electrons. The number of nitrogens with one attached hydrogen (secondary N) is 1. The van der Waals surface area contributed by atoms with Crippen molar-refractivity contribution < 1.29 is 0 Å². The molecule has 1 heterocycles. The summed E-state index contributed by atoms with van der Waals surface area (Å²) < 4.78 is 0. The molecular weight excluding hydrogens is 268 g/mol. The minimum absolute atomic E-state index is 0.220. The van der Waals surface area contributed by atoms with Crippen molar-refractivity contribution in [2.24, 2.45) is 0 Å². The van der Waals surface area contributed by atoms with Crippen molar-refractivity contribution in [3.63, 3.8) is 0 Å². The first-order chi connectivity index (χ1) is 7.59. The van der Waals surface area contributed by atoms with E-state index in [1.54, 1.807) is 24.4 Å². The molecule has 2 rings (SSSR count). The molecule has 1 aromatic carbocycles. The number of halogens is 3. The second-order valence-electron chi connectivity index (χ2n) is 3.16. The summed E-state index contributed by atoms with van der Waals surface area (Å²) in [4.78, 5) is 14.1. The molecule has 0 saturated carbocycles. The number of hydrogen-bond donors (Lipinski definition) is 1. The lowest BCUT2D eigenvalue weighted by atomic mass is 10.1. The number of aromatic nitrogens is 1. The smallest absolute Gasteiger partial charge is 0.255 e. The first kappa shape index (κ1) is 11.5. The SMILES string of the molecule is O=c1[nH]cccc1-c1cc(Cl)c(Cl)cc1Cl. The second kappa shape index (κ2) is 4.50. The molecule has 0 fully saturated rings. The number of aromatic amines is 1. The third-order valence-electron chi connectivity index (χ3n) is 2.12. The molecule has 16 heavy (non-hydrogen) atoms. The van der Waals surface area contributed by atoms with E-state index in [0.717, 1.165) is 0 Å². The van der Waals surface area contributed by atoms with Gasteiger partial charge in [0.2, 0.25) is 0 Å². The standard InChI is InChI=1S/C11H6Cl3NO/c12-8-5-10(14)9(13)4-7(8)6-2-1-3-15-11(6)16/h1-5H,(H,15,16). The summed E-state index contributed by atoms with van der Waals surface area (Å²) in [5.41, 5.74) is 0.812. The molecule has 0 aliphatic carbocycles. The predicted molar refractivity (Wildman–Crippen MR) is 67.5 cm³/mol. The minimum Gasteiger partial charge on any atom is -0.329 e. The zero-order valence-electron chi connectivity index (χ0n) is 7.93. The topological polar surface area (TPSA) is 32.9 Å². The Morgan fingerprint density at radius 2 is 1.62 bits per heavy atom. The Hall–Kier alpha value is -0.960. The molecule has 0 amide bonds. The summed E-state index contributed by atoms with van der Waals surface area (Å²) in [6.07, 6.45) is 1.55. The number of H-pyrrole nitrogens is 1.